The summed E-state index contributed by atoms with van der Waals surface area (Å²) < 4.78 is 11.1. The molecule has 0 atom stereocenters. The summed E-state index contributed by atoms with van der Waals surface area (Å²) in [4.78, 5) is 4.43. The van der Waals surface area contributed by atoms with Crippen LogP contribution in [0.4, 0.5) is 5.69 Å². The summed E-state index contributed by atoms with van der Waals surface area (Å²) >= 11 is 0. The van der Waals surface area contributed by atoms with Crippen LogP contribution >= 0.6 is 0 Å². The summed E-state index contributed by atoms with van der Waals surface area (Å²) in [5, 5.41) is 0. The van der Waals surface area contributed by atoms with E-state index in [-0.39, 0.29) is 0 Å². The van der Waals surface area contributed by atoms with E-state index in [2.05, 4.69) is 4.98 Å². The fourth-order valence-corrected chi connectivity index (χ4v) is 1.95. The van der Waals surface area contributed by atoms with Crippen molar-refractivity contribution in [2.45, 2.75) is 6.92 Å². The molecule has 96 valence electrons. The highest BCUT2D eigenvalue weighted by atomic mass is 16.5. The zero-order valence-corrected chi connectivity index (χ0v) is 10.6. The first-order valence-corrected chi connectivity index (χ1v) is 6.16. The number of para-hydroxylation sites is 1. The highest BCUT2D eigenvalue weighted by Crippen LogP contribution is 2.28. The fraction of sp³-hybridized carbons (Fsp3) is 0.133. The summed E-state index contributed by atoms with van der Waals surface area (Å²) in [6.45, 7) is 2.61. The maximum absolute atomic E-state index is 5.87. The van der Waals surface area contributed by atoms with Crippen LogP contribution in [0.2, 0.25) is 0 Å². The van der Waals surface area contributed by atoms with Gasteiger partial charge in [0.1, 0.15) is 11.3 Å². The Labute approximate surface area is 110 Å². The topological polar surface area (TPSA) is 61.3 Å². The number of nitrogens with zero attached hydrogens (tertiary/aromatic N) is 1. The molecular formula is C15H14N2O2. The molecule has 4 nitrogen and oxygen atoms in total. The number of hydrogen-bond acceptors (Lipinski definition) is 4. The van der Waals surface area contributed by atoms with E-state index >= 15 is 0 Å². The Morgan fingerprint density at radius 1 is 1.16 bits per heavy atom. The van der Waals surface area contributed by atoms with E-state index in [1.807, 2.05) is 49.4 Å². The number of nitrogens with two attached hydrogens (primary N) is 1. The molecule has 3 rings (SSSR count). The van der Waals surface area contributed by atoms with Gasteiger partial charge in [-0.2, -0.15) is 0 Å². The third-order valence-electron chi connectivity index (χ3n) is 2.86. The number of hydrogen-bond donors (Lipinski definition) is 1. The van der Waals surface area contributed by atoms with Gasteiger partial charge in [0.15, 0.2) is 5.58 Å². The minimum absolute atomic E-state index is 0.566. The molecule has 0 radical (unpaired) electrons. The van der Waals surface area contributed by atoms with Crippen LogP contribution in [0.1, 0.15) is 6.92 Å². The average molecular weight is 254 g/mol. The molecule has 0 bridgehead atoms. The molecule has 2 N–H and O–H groups in total. The number of rotatable bonds is 3. The van der Waals surface area contributed by atoms with Crippen LogP contribution in [0.25, 0.3) is 22.6 Å². The van der Waals surface area contributed by atoms with Crippen LogP contribution in [0.5, 0.6) is 5.75 Å². The molecule has 0 aliphatic rings. The van der Waals surface area contributed by atoms with Gasteiger partial charge in [-0.1, -0.05) is 6.07 Å². The van der Waals surface area contributed by atoms with Gasteiger partial charge in [-0.05, 0) is 43.3 Å². The maximum Gasteiger partial charge on any atom is 0.227 e. The zero-order valence-electron chi connectivity index (χ0n) is 10.6. The number of fused-ring (bicyclic) bond motifs is 1. The summed E-state index contributed by atoms with van der Waals surface area (Å²) in [6, 6.07) is 13.2. The van der Waals surface area contributed by atoms with E-state index < -0.39 is 0 Å². The van der Waals surface area contributed by atoms with E-state index in [1.54, 1.807) is 0 Å². The lowest BCUT2D eigenvalue weighted by molar-refractivity contribution is 0.340. The van der Waals surface area contributed by atoms with Crippen molar-refractivity contribution in [2.75, 3.05) is 12.3 Å². The van der Waals surface area contributed by atoms with Gasteiger partial charge in [0.2, 0.25) is 5.89 Å². The number of aromatic nitrogens is 1. The van der Waals surface area contributed by atoms with E-state index in [0.29, 0.717) is 29.3 Å². The molecule has 0 saturated heterocycles. The van der Waals surface area contributed by atoms with E-state index in [0.717, 1.165) is 11.3 Å². The molecule has 1 heterocycles. The van der Waals surface area contributed by atoms with E-state index in [4.69, 9.17) is 14.9 Å². The van der Waals surface area contributed by atoms with E-state index in [9.17, 15) is 0 Å². The molecular weight excluding hydrogens is 240 g/mol. The van der Waals surface area contributed by atoms with Gasteiger partial charge in [0.25, 0.3) is 0 Å². The van der Waals surface area contributed by atoms with Gasteiger partial charge < -0.3 is 14.9 Å². The van der Waals surface area contributed by atoms with Gasteiger partial charge >= 0.3 is 0 Å². The minimum atomic E-state index is 0.566. The lowest BCUT2D eigenvalue weighted by Gasteiger charge is -2.02. The zero-order chi connectivity index (χ0) is 13.2. The molecule has 1 aromatic heterocycles. The predicted molar refractivity (Wildman–Crippen MR) is 75.0 cm³/mol. The highest BCUT2D eigenvalue weighted by molar-refractivity contribution is 5.87. The van der Waals surface area contributed by atoms with Gasteiger partial charge in [0, 0.05) is 5.56 Å². The second-order valence-electron chi connectivity index (χ2n) is 4.17. The van der Waals surface area contributed by atoms with E-state index in [1.165, 1.54) is 0 Å². The van der Waals surface area contributed by atoms with Crippen LogP contribution in [0, 0.1) is 0 Å². The van der Waals surface area contributed by atoms with Gasteiger partial charge in [-0.3, -0.25) is 0 Å². The third-order valence-corrected chi connectivity index (χ3v) is 2.86. The average Bonchev–Trinajstić information content (AvgIpc) is 2.85. The summed E-state index contributed by atoms with van der Waals surface area (Å²) in [7, 11) is 0. The Bertz CT molecular complexity index is 702. The first-order chi connectivity index (χ1) is 9.28. The van der Waals surface area contributed by atoms with Gasteiger partial charge in [0.05, 0.1) is 12.3 Å². The lowest BCUT2D eigenvalue weighted by atomic mass is 10.2. The number of anilines is 1. The standard InChI is InChI=1S/C15H14N2O2/c1-2-18-11-8-6-10(7-9-11)15-17-14-12(16)4-3-5-13(14)19-15/h3-9H,2,16H2,1H3. The number of benzene rings is 2. The molecule has 0 aliphatic carbocycles. The minimum Gasteiger partial charge on any atom is -0.494 e. The molecule has 0 aliphatic heterocycles. The number of ether oxygens (including phenoxy) is 1. The summed E-state index contributed by atoms with van der Waals surface area (Å²) in [6.07, 6.45) is 0. The molecule has 4 heteroatoms. The second-order valence-corrected chi connectivity index (χ2v) is 4.17. The van der Waals surface area contributed by atoms with Crippen LogP contribution in [-0.2, 0) is 0 Å². The lowest BCUT2D eigenvalue weighted by Crippen LogP contribution is -1.90. The van der Waals surface area contributed by atoms with Gasteiger partial charge in [-0.25, -0.2) is 4.98 Å². The Hall–Kier alpha value is -2.49. The second kappa shape index (κ2) is 4.65. The molecule has 0 saturated carbocycles. The van der Waals surface area contributed by atoms with Crippen molar-refractivity contribution in [3.63, 3.8) is 0 Å². The van der Waals surface area contributed by atoms with Crippen LogP contribution in [-0.4, -0.2) is 11.6 Å². The normalized spacial score (nSPS) is 10.8. The van der Waals surface area contributed by atoms with Crippen LogP contribution in [0.15, 0.2) is 46.9 Å². The molecule has 0 spiro atoms. The Balaban J connectivity index is 2.01. The first kappa shape index (κ1) is 11.6. The maximum atomic E-state index is 5.87. The Morgan fingerprint density at radius 3 is 2.63 bits per heavy atom. The monoisotopic (exact) mass is 254 g/mol. The van der Waals surface area contributed by atoms with Crippen molar-refractivity contribution in [3.05, 3.63) is 42.5 Å². The largest absolute Gasteiger partial charge is 0.494 e. The molecule has 3 aromatic rings. The van der Waals surface area contributed by atoms with Crippen molar-refractivity contribution in [2.24, 2.45) is 0 Å². The summed E-state index contributed by atoms with van der Waals surface area (Å²) in [5.41, 5.74) is 8.79. The van der Waals surface area contributed by atoms with Crippen molar-refractivity contribution >= 4 is 16.8 Å². The Morgan fingerprint density at radius 2 is 1.95 bits per heavy atom. The van der Waals surface area contributed by atoms with Crippen molar-refractivity contribution in [1.82, 2.24) is 4.98 Å². The number of nitrogen functional groups attached to an aromatic ring is 1. The molecule has 19 heavy (non-hydrogen) atoms. The van der Waals surface area contributed by atoms with Crippen molar-refractivity contribution < 1.29 is 9.15 Å². The smallest absolute Gasteiger partial charge is 0.227 e. The SMILES string of the molecule is CCOc1ccc(-c2nc3c(N)cccc3o2)cc1. The molecule has 0 unspecified atom stereocenters. The fourth-order valence-electron chi connectivity index (χ4n) is 1.95. The third kappa shape index (κ3) is 2.12. The summed E-state index contributed by atoms with van der Waals surface area (Å²) in [5.74, 6) is 1.40. The van der Waals surface area contributed by atoms with Crippen molar-refractivity contribution in [3.8, 4) is 17.2 Å². The quantitative estimate of drug-likeness (QED) is 0.727. The Kier molecular flexibility index (Phi) is 2.83. The van der Waals surface area contributed by atoms with Gasteiger partial charge in [-0.15, -0.1) is 0 Å². The highest BCUT2D eigenvalue weighted by Gasteiger charge is 2.09. The van der Waals surface area contributed by atoms with Crippen molar-refractivity contribution in [1.29, 1.82) is 0 Å². The first-order valence-electron chi connectivity index (χ1n) is 6.16. The number of oxazole rings is 1. The van der Waals surface area contributed by atoms with Crippen LogP contribution in [0.3, 0.4) is 0 Å². The van der Waals surface area contributed by atoms with Crippen LogP contribution < -0.4 is 10.5 Å². The molecule has 2 aromatic carbocycles. The predicted octanol–water partition coefficient (Wildman–Crippen LogP) is 3.48. The molecule has 0 fully saturated rings. The molecule has 0 amide bonds.